The number of hydrogen-bond donors (Lipinski definition) is 2. The number of hydrogen-bond acceptors (Lipinski definition) is 5. The van der Waals surface area contributed by atoms with Gasteiger partial charge in [0, 0.05) is 25.1 Å². The first-order chi connectivity index (χ1) is 10.9. The lowest BCUT2D eigenvalue weighted by atomic mass is 10.1. The molecule has 1 heterocycles. The molecule has 130 valence electrons. The number of sulfonamides is 1. The summed E-state index contributed by atoms with van der Waals surface area (Å²) in [5.74, 6) is -0.400. The maximum absolute atomic E-state index is 14.0. The van der Waals surface area contributed by atoms with Crippen molar-refractivity contribution >= 4 is 10.0 Å². The van der Waals surface area contributed by atoms with Crippen molar-refractivity contribution in [1.29, 1.82) is 0 Å². The summed E-state index contributed by atoms with van der Waals surface area (Å²) < 4.78 is 51.2. The molecule has 1 aromatic rings. The van der Waals surface area contributed by atoms with Crippen molar-refractivity contribution in [3.05, 3.63) is 24.0 Å². The lowest BCUT2D eigenvalue weighted by Gasteiger charge is -2.12. The molecule has 1 aromatic carbocycles. The fourth-order valence-corrected chi connectivity index (χ4v) is 3.25. The summed E-state index contributed by atoms with van der Waals surface area (Å²) in [5.41, 5.74) is 5.57. The molecular weight excluding hydrogens is 323 g/mol. The van der Waals surface area contributed by atoms with Crippen LogP contribution in [0.15, 0.2) is 23.1 Å². The summed E-state index contributed by atoms with van der Waals surface area (Å²) in [6.45, 7) is 3.66. The zero-order valence-corrected chi connectivity index (χ0v) is 13.9. The molecule has 0 bridgehead atoms. The van der Waals surface area contributed by atoms with Crippen LogP contribution in [-0.2, 0) is 14.8 Å². The van der Waals surface area contributed by atoms with Gasteiger partial charge >= 0.3 is 0 Å². The van der Waals surface area contributed by atoms with Crippen molar-refractivity contribution in [1.82, 2.24) is 4.72 Å². The Labute approximate surface area is 136 Å². The van der Waals surface area contributed by atoms with Gasteiger partial charge in [0.2, 0.25) is 10.0 Å². The largest absolute Gasteiger partial charge is 0.490 e. The van der Waals surface area contributed by atoms with Gasteiger partial charge in [0.15, 0.2) is 11.6 Å². The molecule has 1 aliphatic heterocycles. The highest BCUT2D eigenvalue weighted by Crippen LogP contribution is 2.23. The van der Waals surface area contributed by atoms with E-state index in [1.165, 1.54) is 12.1 Å². The summed E-state index contributed by atoms with van der Waals surface area (Å²) >= 11 is 0. The molecule has 0 amide bonds. The molecule has 23 heavy (non-hydrogen) atoms. The van der Waals surface area contributed by atoms with Crippen molar-refractivity contribution in [2.24, 2.45) is 11.7 Å². The molecule has 6 nitrogen and oxygen atoms in total. The van der Waals surface area contributed by atoms with Gasteiger partial charge < -0.3 is 15.2 Å². The first-order valence-corrected chi connectivity index (χ1v) is 9.12. The van der Waals surface area contributed by atoms with Gasteiger partial charge in [0.1, 0.15) is 0 Å². The minimum atomic E-state index is -3.75. The molecule has 0 radical (unpaired) electrons. The molecule has 0 spiro atoms. The molecule has 0 aliphatic carbocycles. The highest BCUT2D eigenvalue weighted by Gasteiger charge is 2.19. The van der Waals surface area contributed by atoms with E-state index in [2.05, 4.69) is 4.72 Å². The monoisotopic (exact) mass is 346 g/mol. The van der Waals surface area contributed by atoms with Crippen LogP contribution >= 0.6 is 0 Å². The molecule has 8 heteroatoms. The van der Waals surface area contributed by atoms with Gasteiger partial charge in [-0.3, -0.25) is 0 Å². The van der Waals surface area contributed by atoms with Gasteiger partial charge in [-0.2, -0.15) is 0 Å². The van der Waals surface area contributed by atoms with Gasteiger partial charge in [0.25, 0.3) is 0 Å². The minimum absolute atomic E-state index is 0.0476. The fraction of sp³-hybridized carbons (Fsp3) is 0.600. The van der Waals surface area contributed by atoms with Gasteiger partial charge in [0.05, 0.1) is 18.1 Å². The number of nitrogens with one attached hydrogen (secondary N) is 1. The Morgan fingerprint density at radius 2 is 2.30 bits per heavy atom. The predicted octanol–water partition coefficient (Wildman–Crippen LogP) is 1.26. The van der Waals surface area contributed by atoms with E-state index in [0.717, 1.165) is 12.5 Å². The van der Waals surface area contributed by atoms with Gasteiger partial charge in [-0.25, -0.2) is 17.5 Å². The van der Waals surface area contributed by atoms with Crippen LogP contribution in [-0.4, -0.2) is 40.8 Å². The van der Waals surface area contributed by atoms with Crippen molar-refractivity contribution in [3.8, 4) is 5.75 Å². The second kappa shape index (κ2) is 8.05. The Bertz CT molecular complexity index is 616. The quantitative estimate of drug-likeness (QED) is 0.739. The summed E-state index contributed by atoms with van der Waals surface area (Å²) in [6.07, 6.45) is 1.39. The van der Waals surface area contributed by atoms with E-state index < -0.39 is 15.8 Å². The standard InChI is InChI=1S/C15H23FN2O4S/c1-11(17)4-6-18-23(19,20)13-2-3-15(14(16)8-13)22-10-12-5-7-21-9-12/h2-3,8,11-12,18H,4-7,9-10,17H2,1H3. The molecule has 2 atom stereocenters. The first-order valence-electron chi connectivity index (χ1n) is 7.64. The summed E-state index contributed by atoms with van der Waals surface area (Å²) in [6, 6.07) is 3.53. The van der Waals surface area contributed by atoms with Crippen molar-refractivity contribution in [2.45, 2.75) is 30.7 Å². The highest BCUT2D eigenvalue weighted by atomic mass is 32.2. The van der Waals surface area contributed by atoms with E-state index in [1.807, 2.05) is 0 Å². The third kappa shape index (κ3) is 5.42. The Kier molecular flexibility index (Phi) is 6.34. The van der Waals surface area contributed by atoms with Crippen molar-refractivity contribution in [3.63, 3.8) is 0 Å². The topological polar surface area (TPSA) is 90.7 Å². The highest BCUT2D eigenvalue weighted by molar-refractivity contribution is 7.89. The van der Waals surface area contributed by atoms with Gasteiger partial charge in [-0.15, -0.1) is 0 Å². The SMILES string of the molecule is CC(N)CCNS(=O)(=O)c1ccc(OCC2CCOC2)c(F)c1. The Balaban J connectivity index is 1.97. The van der Waals surface area contributed by atoms with E-state index in [-0.39, 0.29) is 29.1 Å². The van der Waals surface area contributed by atoms with Gasteiger partial charge in [-0.05, 0) is 38.0 Å². The number of halogens is 1. The second-order valence-electron chi connectivity index (χ2n) is 5.80. The molecule has 1 aliphatic rings. The summed E-state index contributed by atoms with van der Waals surface area (Å²) in [5, 5.41) is 0. The van der Waals surface area contributed by atoms with E-state index >= 15 is 0 Å². The molecule has 2 rings (SSSR count). The summed E-state index contributed by atoms with van der Waals surface area (Å²) in [7, 11) is -3.75. The normalized spacial score (nSPS) is 19.7. The maximum Gasteiger partial charge on any atom is 0.240 e. The number of nitrogens with two attached hydrogens (primary N) is 1. The molecule has 1 fully saturated rings. The van der Waals surface area contributed by atoms with Crippen LogP contribution in [0, 0.1) is 11.7 Å². The van der Waals surface area contributed by atoms with E-state index in [0.29, 0.717) is 26.2 Å². The zero-order valence-electron chi connectivity index (χ0n) is 13.1. The molecule has 0 saturated carbocycles. The fourth-order valence-electron chi connectivity index (χ4n) is 2.19. The van der Waals surface area contributed by atoms with Crippen LogP contribution in [0.3, 0.4) is 0 Å². The van der Waals surface area contributed by atoms with Crippen LogP contribution in [0.4, 0.5) is 4.39 Å². The van der Waals surface area contributed by atoms with Gasteiger partial charge in [-0.1, -0.05) is 0 Å². The average Bonchev–Trinajstić information content (AvgIpc) is 2.98. The Morgan fingerprint density at radius 3 is 2.91 bits per heavy atom. The third-order valence-corrected chi connectivity index (χ3v) is 5.06. The minimum Gasteiger partial charge on any atom is -0.490 e. The molecule has 0 aromatic heterocycles. The maximum atomic E-state index is 14.0. The molecule has 3 N–H and O–H groups in total. The average molecular weight is 346 g/mol. The smallest absolute Gasteiger partial charge is 0.240 e. The second-order valence-corrected chi connectivity index (χ2v) is 7.56. The van der Waals surface area contributed by atoms with Crippen LogP contribution in [0.5, 0.6) is 5.75 Å². The van der Waals surface area contributed by atoms with Crippen LogP contribution < -0.4 is 15.2 Å². The number of rotatable bonds is 8. The third-order valence-electron chi connectivity index (χ3n) is 3.60. The van der Waals surface area contributed by atoms with E-state index in [4.69, 9.17) is 15.2 Å². The van der Waals surface area contributed by atoms with E-state index in [9.17, 15) is 12.8 Å². The van der Waals surface area contributed by atoms with Crippen LogP contribution in [0.2, 0.25) is 0 Å². The van der Waals surface area contributed by atoms with Crippen molar-refractivity contribution in [2.75, 3.05) is 26.4 Å². The number of ether oxygens (including phenoxy) is 2. The molecular formula is C15H23FN2O4S. The molecule has 1 saturated heterocycles. The number of benzene rings is 1. The van der Waals surface area contributed by atoms with Crippen molar-refractivity contribution < 1.29 is 22.3 Å². The Morgan fingerprint density at radius 1 is 1.52 bits per heavy atom. The summed E-state index contributed by atoms with van der Waals surface area (Å²) in [4.78, 5) is -0.128. The van der Waals surface area contributed by atoms with Crippen LogP contribution in [0.25, 0.3) is 0 Å². The van der Waals surface area contributed by atoms with Crippen LogP contribution in [0.1, 0.15) is 19.8 Å². The predicted molar refractivity (Wildman–Crippen MR) is 84.3 cm³/mol. The lowest BCUT2D eigenvalue weighted by Crippen LogP contribution is -2.29. The molecule has 2 unspecified atom stereocenters. The van der Waals surface area contributed by atoms with E-state index in [1.54, 1.807) is 6.92 Å². The first kappa shape index (κ1) is 18.1. The Hall–Kier alpha value is -1.22. The zero-order chi connectivity index (χ0) is 16.9. The lowest BCUT2D eigenvalue weighted by molar-refractivity contribution is 0.165.